The highest BCUT2D eigenvalue weighted by molar-refractivity contribution is 5.97. The molecule has 2 heteroatoms. The second-order valence-corrected chi connectivity index (χ2v) is 4.54. The van der Waals surface area contributed by atoms with Crippen molar-refractivity contribution in [3.8, 4) is 0 Å². The van der Waals surface area contributed by atoms with Gasteiger partial charge in [-0.05, 0) is 36.8 Å². The Morgan fingerprint density at radius 3 is 2.67 bits per heavy atom. The second-order valence-electron chi connectivity index (χ2n) is 4.54. The monoisotopic (exact) mass is 205 g/mol. The van der Waals surface area contributed by atoms with Crippen molar-refractivity contribution in [1.82, 2.24) is 4.98 Å². The van der Waals surface area contributed by atoms with Crippen LogP contribution in [-0.4, -0.2) is 10.8 Å². The summed E-state index contributed by atoms with van der Waals surface area (Å²) in [5.74, 6) is 0.872. The second kappa shape index (κ2) is 3.84. The maximum Gasteiger partial charge on any atom is 0.179 e. The molecule has 0 radical (unpaired) electrons. The van der Waals surface area contributed by atoms with Gasteiger partial charge >= 0.3 is 0 Å². The van der Waals surface area contributed by atoms with Gasteiger partial charge < -0.3 is 4.98 Å². The van der Waals surface area contributed by atoms with E-state index in [4.69, 9.17) is 0 Å². The Morgan fingerprint density at radius 1 is 1.33 bits per heavy atom. The Kier molecular flexibility index (Phi) is 2.68. The first-order valence-electron chi connectivity index (χ1n) is 5.90. The lowest BCUT2D eigenvalue weighted by Crippen LogP contribution is -2.19. The highest BCUT2D eigenvalue weighted by Gasteiger charge is 2.28. The molecule has 0 amide bonds. The molecule has 0 aromatic carbocycles. The molecule has 0 saturated carbocycles. The van der Waals surface area contributed by atoms with Gasteiger partial charge in [0.15, 0.2) is 5.78 Å². The van der Waals surface area contributed by atoms with E-state index in [0.717, 1.165) is 31.4 Å². The zero-order valence-electron chi connectivity index (χ0n) is 9.81. The molecule has 0 saturated heterocycles. The number of nitrogens with one attached hydrogen (secondary N) is 1. The summed E-state index contributed by atoms with van der Waals surface area (Å²) < 4.78 is 0. The van der Waals surface area contributed by atoms with Crippen LogP contribution in [0.5, 0.6) is 0 Å². The molecule has 15 heavy (non-hydrogen) atoms. The summed E-state index contributed by atoms with van der Waals surface area (Å²) >= 11 is 0. The highest BCUT2D eigenvalue weighted by atomic mass is 16.1. The minimum atomic E-state index is 0.311. The van der Waals surface area contributed by atoms with Crippen LogP contribution in [0.15, 0.2) is 0 Å². The van der Waals surface area contributed by atoms with Crippen molar-refractivity contribution >= 4 is 5.78 Å². The Labute approximate surface area is 91.1 Å². The van der Waals surface area contributed by atoms with Gasteiger partial charge in [0.2, 0.25) is 0 Å². The predicted molar refractivity (Wildman–Crippen MR) is 61.3 cm³/mol. The average molecular weight is 205 g/mol. The summed E-state index contributed by atoms with van der Waals surface area (Å²) in [6.45, 7) is 6.41. The molecule has 0 fully saturated rings. The molecule has 1 atom stereocenters. The van der Waals surface area contributed by atoms with Gasteiger partial charge in [-0.15, -0.1) is 0 Å². The Morgan fingerprint density at radius 2 is 2.07 bits per heavy atom. The SMILES string of the molecule is CCc1c(C)[nH]c2c1CC(CC)CC2=O. The van der Waals surface area contributed by atoms with Crippen molar-refractivity contribution < 1.29 is 4.79 Å². The largest absolute Gasteiger partial charge is 0.356 e. The van der Waals surface area contributed by atoms with E-state index in [2.05, 4.69) is 25.8 Å². The molecular weight excluding hydrogens is 186 g/mol. The van der Waals surface area contributed by atoms with Crippen molar-refractivity contribution in [2.24, 2.45) is 5.92 Å². The smallest absolute Gasteiger partial charge is 0.179 e. The summed E-state index contributed by atoms with van der Waals surface area (Å²) in [5, 5.41) is 0. The average Bonchev–Trinajstić information content (AvgIpc) is 2.54. The number of ketones is 1. The van der Waals surface area contributed by atoms with E-state index in [1.807, 2.05) is 0 Å². The fraction of sp³-hybridized carbons (Fsp3) is 0.615. The van der Waals surface area contributed by atoms with Crippen LogP contribution in [-0.2, 0) is 12.8 Å². The Hall–Kier alpha value is -1.05. The molecule has 1 N–H and O–H groups in total. The maximum absolute atomic E-state index is 11.9. The zero-order valence-corrected chi connectivity index (χ0v) is 9.81. The first kappa shape index (κ1) is 10.5. The minimum Gasteiger partial charge on any atom is -0.356 e. The van der Waals surface area contributed by atoms with Gasteiger partial charge in [-0.3, -0.25) is 4.79 Å². The molecule has 1 aromatic rings. The van der Waals surface area contributed by atoms with Crippen LogP contribution in [0.25, 0.3) is 0 Å². The van der Waals surface area contributed by atoms with Gasteiger partial charge in [0.05, 0.1) is 5.69 Å². The van der Waals surface area contributed by atoms with E-state index in [1.165, 1.54) is 16.8 Å². The third-order valence-corrected chi connectivity index (χ3v) is 3.61. The first-order valence-corrected chi connectivity index (χ1v) is 5.90. The van der Waals surface area contributed by atoms with Crippen LogP contribution < -0.4 is 0 Å². The molecule has 1 aromatic heterocycles. The summed E-state index contributed by atoms with van der Waals surface area (Å²) in [5.41, 5.74) is 4.76. The normalized spacial score (nSPS) is 20.5. The fourth-order valence-corrected chi connectivity index (χ4v) is 2.67. The molecule has 1 unspecified atom stereocenters. The van der Waals surface area contributed by atoms with Gasteiger partial charge in [-0.2, -0.15) is 0 Å². The highest BCUT2D eigenvalue weighted by Crippen LogP contribution is 2.31. The van der Waals surface area contributed by atoms with Crippen LogP contribution in [0.3, 0.4) is 0 Å². The Balaban J connectivity index is 2.46. The lowest BCUT2D eigenvalue weighted by Gasteiger charge is -2.20. The van der Waals surface area contributed by atoms with E-state index < -0.39 is 0 Å². The van der Waals surface area contributed by atoms with Crippen LogP contribution >= 0.6 is 0 Å². The number of hydrogen-bond acceptors (Lipinski definition) is 1. The topological polar surface area (TPSA) is 32.9 Å². The van der Waals surface area contributed by atoms with Gasteiger partial charge in [-0.25, -0.2) is 0 Å². The van der Waals surface area contributed by atoms with Crippen molar-refractivity contribution in [3.05, 3.63) is 22.5 Å². The zero-order chi connectivity index (χ0) is 11.0. The predicted octanol–water partition coefficient (Wildman–Crippen LogP) is 3.04. The number of H-pyrrole nitrogens is 1. The van der Waals surface area contributed by atoms with Gasteiger partial charge in [-0.1, -0.05) is 20.3 Å². The van der Waals surface area contributed by atoms with E-state index in [0.29, 0.717) is 11.7 Å². The van der Waals surface area contributed by atoms with Gasteiger partial charge in [0.25, 0.3) is 0 Å². The number of carbonyl (C=O) groups excluding carboxylic acids is 1. The molecule has 2 nitrogen and oxygen atoms in total. The number of rotatable bonds is 2. The summed E-state index contributed by atoms with van der Waals surface area (Å²) in [7, 11) is 0. The number of Topliss-reactive ketones (excluding diaryl/α,β-unsaturated/α-hetero) is 1. The number of aromatic nitrogens is 1. The molecular formula is C13H19NO. The van der Waals surface area contributed by atoms with Crippen molar-refractivity contribution in [2.45, 2.75) is 46.5 Å². The van der Waals surface area contributed by atoms with Crippen molar-refractivity contribution in [3.63, 3.8) is 0 Å². The molecule has 0 spiro atoms. The van der Waals surface area contributed by atoms with E-state index in [1.54, 1.807) is 0 Å². The molecule has 82 valence electrons. The summed E-state index contributed by atoms with van der Waals surface area (Å²) in [6, 6.07) is 0. The summed E-state index contributed by atoms with van der Waals surface area (Å²) in [4.78, 5) is 15.2. The van der Waals surface area contributed by atoms with Crippen LogP contribution in [0, 0.1) is 12.8 Å². The van der Waals surface area contributed by atoms with Crippen LogP contribution in [0.2, 0.25) is 0 Å². The number of carbonyl (C=O) groups is 1. The Bertz CT molecular complexity index is 389. The quantitative estimate of drug-likeness (QED) is 0.791. The first-order chi connectivity index (χ1) is 7.17. The summed E-state index contributed by atoms with van der Waals surface area (Å²) in [6.07, 6.45) is 3.96. The number of hydrogen-bond donors (Lipinski definition) is 1. The third kappa shape index (κ3) is 1.62. The van der Waals surface area contributed by atoms with E-state index >= 15 is 0 Å². The molecule has 1 heterocycles. The van der Waals surface area contributed by atoms with Gasteiger partial charge in [0, 0.05) is 12.1 Å². The van der Waals surface area contributed by atoms with Crippen molar-refractivity contribution in [1.29, 1.82) is 0 Å². The van der Waals surface area contributed by atoms with Crippen LogP contribution in [0.4, 0.5) is 0 Å². The standard InChI is InChI=1S/C13H19NO/c1-4-9-6-11-10(5-2)8(3)14-13(11)12(15)7-9/h9,14H,4-7H2,1-3H3. The lowest BCUT2D eigenvalue weighted by atomic mass is 9.83. The van der Waals surface area contributed by atoms with E-state index in [-0.39, 0.29) is 0 Å². The number of fused-ring (bicyclic) bond motifs is 1. The molecule has 1 aliphatic carbocycles. The maximum atomic E-state index is 11.9. The molecule has 0 bridgehead atoms. The lowest BCUT2D eigenvalue weighted by molar-refractivity contribution is 0.0943. The molecule has 0 aliphatic heterocycles. The van der Waals surface area contributed by atoms with Crippen LogP contribution in [0.1, 0.15) is 54.0 Å². The third-order valence-electron chi connectivity index (χ3n) is 3.61. The number of aryl methyl sites for hydroxylation is 1. The number of aromatic amines is 1. The fourth-order valence-electron chi connectivity index (χ4n) is 2.67. The van der Waals surface area contributed by atoms with Gasteiger partial charge in [0.1, 0.15) is 0 Å². The minimum absolute atomic E-state index is 0.311. The van der Waals surface area contributed by atoms with Crippen molar-refractivity contribution in [2.75, 3.05) is 0 Å². The molecule has 2 rings (SSSR count). The van der Waals surface area contributed by atoms with E-state index in [9.17, 15) is 4.79 Å². The molecule has 1 aliphatic rings.